The maximum absolute atomic E-state index is 10.7. The monoisotopic (exact) mass is 441 g/mol. The molecule has 0 aliphatic carbocycles. The van der Waals surface area contributed by atoms with Crippen molar-refractivity contribution in [1.29, 1.82) is 0 Å². The molecule has 0 spiro atoms. The summed E-state index contributed by atoms with van der Waals surface area (Å²) in [6.07, 6.45) is 4.25. The molecule has 4 heterocycles. The molecule has 0 saturated carbocycles. The molecule has 1 N–H and O–H groups in total. The summed E-state index contributed by atoms with van der Waals surface area (Å²) in [5.41, 5.74) is 5.36. The molecule has 7 nitrogen and oxygen atoms in total. The minimum atomic E-state index is 0.204. The highest BCUT2D eigenvalue weighted by Gasteiger charge is 2.34. The third-order valence-corrected chi connectivity index (χ3v) is 6.95. The van der Waals surface area contributed by atoms with Crippen molar-refractivity contribution >= 4 is 10.9 Å². The summed E-state index contributed by atoms with van der Waals surface area (Å²) in [6.45, 7) is 3.83. The quantitative estimate of drug-likeness (QED) is 0.516. The van der Waals surface area contributed by atoms with E-state index in [0.29, 0.717) is 23.2 Å². The fourth-order valence-corrected chi connectivity index (χ4v) is 5.01. The van der Waals surface area contributed by atoms with Gasteiger partial charge in [0.2, 0.25) is 0 Å². The lowest BCUT2D eigenvalue weighted by molar-refractivity contribution is 0.000892. The maximum atomic E-state index is 10.7. The minimum Gasteiger partial charge on any atom is -0.507 e. The third-order valence-electron chi connectivity index (χ3n) is 6.95. The second-order valence-electron chi connectivity index (χ2n) is 9.15. The maximum Gasteiger partial charge on any atom is 0.125 e. The number of hydrogen-bond acceptors (Lipinski definition) is 6. The second kappa shape index (κ2) is 8.24. The zero-order valence-corrected chi connectivity index (χ0v) is 18.7. The van der Waals surface area contributed by atoms with E-state index < -0.39 is 0 Å². The number of rotatable bonds is 4. The third kappa shape index (κ3) is 3.87. The van der Waals surface area contributed by atoms with E-state index in [0.717, 1.165) is 66.9 Å². The molecule has 2 saturated heterocycles. The van der Waals surface area contributed by atoms with Crippen molar-refractivity contribution in [3.05, 3.63) is 60.4 Å². The number of hydrogen-bond donors (Lipinski definition) is 1. The Morgan fingerprint density at radius 2 is 1.73 bits per heavy atom. The molecule has 2 aliphatic heterocycles. The first-order valence-electron chi connectivity index (χ1n) is 11.6. The van der Waals surface area contributed by atoms with E-state index in [2.05, 4.69) is 32.3 Å². The van der Waals surface area contributed by atoms with Crippen LogP contribution < -0.4 is 0 Å². The van der Waals surface area contributed by atoms with Crippen LogP contribution in [0, 0.1) is 0 Å². The Morgan fingerprint density at radius 1 is 0.939 bits per heavy atom. The van der Waals surface area contributed by atoms with Crippen molar-refractivity contribution < 1.29 is 9.84 Å². The molecule has 2 aliphatic rings. The second-order valence-corrected chi connectivity index (χ2v) is 9.15. The van der Waals surface area contributed by atoms with Gasteiger partial charge in [0, 0.05) is 62.5 Å². The highest BCUT2D eigenvalue weighted by Crippen LogP contribution is 2.35. The lowest BCUT2D eigenvalue weighted by Crippen LogP contribution is -2.52. The number of aryl methyl sites for hydroxylation is 1. The fourth-order valence-electron chi connectivity index (χ4n) is 5.01. The van der Waals surface area contributed by atoms with Gasteiger partial charge in [-0.1, -0.05) is 12.1 Å². The van der Waals surface area contributed by atoms with Crippen LogP contribution >= 0.6 is 0 Å². The van der Waals surface area contributed by atoms with Gasteiger partial charge in [-0.15, -0.1) is 0 Å². The SMILES string of the molecule is Cn1cc2cc(-c3ccc(-c4ccc(C5CN(C6CCOCC6)C5)nn4)c(O)c3)ccc2n1. The molecule has 0 unspecified atom stereocenters. The predicted octanol–water partition coefficient (Wildman–Crippen LogP) is 3.98. The van der Waals surface area contributed by atoms with Crippen molar-refractivity contribution in [2.45, 2.75) is 24.8 Å². The summed E-state index contributed by atoms with van der Waals surface area (Å²) >= 11 is 0. The smallest absolute Gasteiger partial charge is 0.125 e. The first kappa shape index (κ1) is 20.3. The zero-order chi connectivity index (χ0) is 22.4. The Kier molecular flexibility index (Phi) is 5.08. The summed E-state index contributed by atoms with van der Waals surface area (Å²) in [5.74, 6) is 0.642. The molecular weight excluding hydrogens is 414 g/mol. The number of ether oxygens (including phenoxy) is 1. The van der Waals surface area contributed by atoms with Crippen molar-refractivity contribution in [3.63, 3.8) is 0 Å². The van der Waals surface area contributed by atoms with Gasteiger partial charge in [0.05, 0.1) is 16.9 Å². The van der Waals surface area contributed by atoms with E-state index >= 15 is 0 Å². The average molecular weight is 442 g/mol. The molecule has 0 atom stereocenters. The Morgan fingerprint density at radius 3 is 2.48 bits per heavy atom. The zero-order valence-electron chi connectivity index (χ0n) is 18.7. The lowest BCUT2D eigenvalue weighted by Gasteiger charge is -2.45. The van der Waals surface area contributed by atoms with Crippen LogP contribution in [-0.2, 0) is 11.8 Å². The average Bonchev–Trinajstić information content (AvgIpc) is 3.18. The molecule has 4 aromatic rings. The van der Waals surface area contributed by atoms with Gasteiger partial charge in [-0.25, -0.2) is 0 Å². The van der Waals surface area contributed by atoms with Gasteiger partial charge in [0.15, 0.2) is 0 Å². The number of phenolic OH excluding ortho intramolecular Hbond substituents is 1. The van der Waals surface area contributed by atoms with Crippen molar-refractivity contribution in [1.82, 2.24) is 24.9 Å². The van der Waals surface area contributed by atoms with Gasteiger partial charge in [-0.3, -0.25) is 9.58 Å². The first-order valence-corrected chi connectivity index (χ1v) is 11.6. The number of nitrogens with zero attached hydrogens (tertiary/aromatic N) is 5. The Bertz CT molecular complexity index is 1290. The molecule has 2 fully saturated rings. The summed E-state index contributed by atoms with van der Waals surface area (Å²) in [6, 6.07) is 16.5. The van der Waals surface area contributed by atoms with Crippen LogP contribution in [0.5, 0.6) is 5.75 Å². The largest absolute Gasteiger partial charge is 0.507 e. The van der Waals surface area contributed by atoms with Crippen molar-refractivity contribution in [2.24, 2.45) is 7.05 Å². The van der Waals surface area contributed by atoms with Crippen LogP contribution in [0.25, 0.3) is 33.3 Å². The Hall–Kier alpha value is -3.29. The van der Waals surface area contributed by atoms with Crippen LogP contribution in [-0.4, -0.2) is 62.3 Å². The number of benzene rings is 2. The van der Waals surface area contributed by atoms with Crippen molar-refractivity contribution in [3.8, 4) is 28.1 Å². The molecule has 0 radical (unpaired) electrons. The van der Waals surface area contributed by atoms with Crippen molar-refractivity contribution in [2.75, 3.05) is 26.3 Å². The van der Waals surface area contributed by atoms with Crippen LogP contribution in [0.1, 0.15) is 24.5 Å². The fraction of sp³-hybridized carbons (Fsp3) is 0.346. The molecule has 6 rings (SSSR count). The summed E-state index contributed by atoms with van der Waals surface area (Å²) in [7, 11) is 1.92. The number of aromatic nitrogens is 4. The van der Waals surface area contributed by atoms with Gasteiger partial charge < -0.3 is 9.84 Å². The number of aromatic hydroxyl groups is 1. The van der Waals surface area contributed by atoms with E-state index in [1.165, 1.54) is 0 Å². The molecule has 2 aromatic heterocycles. The van der Waals surface area contributed by atoms with Gasteiger partial charge in [-0.2, -0.15) is 15.3 Å². The van der Waals surface area contributed by atoms with Gasteiger partial charge in [0.1, 0.15) is 5.75 Å². The number of fused-ring (bicyclic) bond motifs is 1. The number of likely N-dealkylation sites (tertiary alicyclic amines) is 1. The van der Waals surface area contributed by atoms with E-state index in [9.17, 15) is 5.11 Å². The van der Waals surface area contributed by atoms with E-state index in [4.69, 9.17) is 4.74 Å². The highest BCUT2D eigenvalue weighted by molar-refractivity contribution is 5.85. The predicted molar refractivity (Wildman–Crippen MR) is 127 cm³/mol. The van der Waals surface area contributed by atoms with Crippen LogP contribution in [0.15, 0.2) is 54.7 Å². The van der Waals surface area contributed by atoms with Gasteiger partial charge in [0.25, 0.3) is 0 Å². The molecule has 168 valence electrons. The molecule has 0 bridgehead atoms. The standard InChI is InChI=1S/C26H27N5O2/c1-30-14-19-12-17(3-5-24(19)29-30)18-2-4-22(26(32)13-18)25-7-6-23(27-28-25)20-15-31(16-20)21-8-10-33-11-9-21/h2-7,12-14,20-21,32H,8-11,15-16H2,1H3. The van der Waals surface area contributed by atoms with E-state index in [1.54, 1.807) is 6.07 Å². The topological polar surface area (TPSA) is 76.3 Å². The highest BCUT2D eigenvalue weighted by atomic mass is 16.5. The summed E-state index contributed by atoms with van der Waals surface area (Å²) in [5, 5.41) is 25.2. The first-order chi connectivity index (χ1) is 16.1. The molecule has 7 heteroatoms. The summed E-state index contributed by atoms with van der Waals surface area (Å²) < 4.78 is 7.28. The van der Waals surface area contributed by atoms with E-state index in [-0.39, 0.29) is 5.75 Å². The normalized spacial score (nSPS) is 18.0. The van der Waals surface area contributed by atoms with E-state index in [1.807, 2.05) is 48.3 Å². The van der Waals surface area contributed by atoms with Crippen LogP contribution in [0.2, 0.25) is 0 Å². The molecule has 2 aromatic carbocycles. The molecule has 0 amide bonds. The minimum absolute atomic E-state index is 0.204. The lowest BCUT2D eigenvalue weighted by atomic mass is 9.91. The Balaban J connectivity index is 1.17. The van der Waals surface area contributed by atoms with Gasteiger partial charge in [-0.05, 0) is 60.4 Å². The molecule has 33 heavy (non-hydrogen) atoms. The number of phenols is 1. The Labute approximate surface area is 192 Å². The van der Waals surface area contributed by atoms with Crippen LogP contribution in [0.4, 0.5) is 0 Å². The van der Waals surface area contributed by atoms with Crippen LogP contribution in [0.3, 0.4) is 0 Å². The molecular formula is C26H27N5O2. The summed E-state index contributed by atoms with van der Waals surface area (Å²) in [4.78, 5) is 2.54. The van der Waals surface area contributed by atoms with Gasteiger partial charge >= 0.3 is 0 Å².